The number of hydrogen-bond acceptors (Lipinski definition) is 1. The average molecular weight is 199 g/mol. The van der Waals surface area contributed by atoms with E-state index < -0.39 is 0 Å². The van der Waals surface area contributed by atoms with Crippen molar-refractivity contribution in [1.82, 2.24) is 0 Å². The third-order valence-electron chi connectivity index (χ3n) is 4.48. The monoisotopic (exact) mass is 198 g/mol. The van der Waals surface area contributed by atoms with Crippen molar-refractivity contribution >= 4 is 17.4 Å². The van der Waals surface area contributed by atoms with Gasteiger partial charge in [-0.2, -0.15) is 0 Å². The Bertz CT molecular complexity index is 303. The lowest BCUT2D eigenvalue weighted by Crippen LogP contribution is -2.32. The van der Waals surface area contributed by atoms with Crippen LogP contribution in [0.3, 0.4) is 0 Å². The number of ketones is 1. The third kappa shape index (κ3) is 0.817. The van der Waals surface area contributed by atoms with E-state index in [9.17, 15) is 4.79 Å². The van der Waals surface area contributed by atoms with Gasteiger partial charge in [0.2, 0.25) is 0 Å². The fraction of sp³-hybridized carbons (Fsp3) is 0.727. The van der Waals surface area contributed by atoms with Gasteiger partial charge in [0.05, 0.1) is 0 Å². The standard InChI is InChI=1S/C11H15ClO/c1-10(2)8-4-5-11(10,3)9(13)7(8)6-12/h6,8H,4-5H2,1-3H3. The van der Waals surface area contributed by atoms with Crippen molar-refractivity contribution in [3.8, 4) is 0 Å². The van der Waals surface area contributed by atoms with Crippen LogP contribution in [0.15, 0.2) is 11.1 Å². The highest BCUT2D eigenvalue weighted by molar-refractivity contribution is 6.28. The summed E-state index contributed by atoms with van der Waals surface area (Å²) in [6.07, 6.45) is 2.14. The molecule has 2 atom stereocenters. The van der Waals surface area contributed by atoms with E-state index in [1.54, 1.807) is 0 Å². The van der Waals surface area contributed by atoms with E-state index in [0.29, 0.717) is 5.92 Å². The zero-order valence-electron chi connectivity index (χ0n) is 8.36. The summed E-state index contributed by atoms with van der Waals surface area (Å²) in [5, 5.41) is 0. The summed E-state index contributed by atoms with van der Waals surface area (Å²) >= 11 is 5.70. The van der Waals surface area contributed by atoms with Crippen LogP contribution in [0.5, 0.6) is 0 Å². The predicted molar refractivity (Wildman–Crippen MR) is 53.6 cm³/mol. The molecule has 1 nitrogen and oxygen atoms in total. The van der Waals surface area contributed by atoms with Crippen molar-refractivity contribution in [2.24, 2.45) is 16.7 Å². The van der Waals surface area contributed by atoms with Crippen LogP contribution in [-0.2, 0) is 4.79 Å². The molecule has 13 heavy (non-hydrogen) atoms. The molecule has 0 aromatic rings. The van der Waals surface area contributed by atoms with Gasteiger partial charge in [-0.05, 0) is 24.2 Å². The van der Waals surface area contributed by atoms with E-state index in [-0.39, 0.29) is 16.6 Å². The minimum Gasteiger partial charge on any atom is -0.294 e. The Morgan fingerprint density at radius 3 is 2.38 bits per heavy atom. The van der Waals surface area contributed by atoms with E-state index in [4.69, 9.17) is 11.6 Å². The van der Waals surface area contributed by atoms with Gasteiger partial charge in [0.15, 0.2) is 5.78 Å². The summed E-state index contributed by atoms with van der Waals surface area (Å²) in [7, 11) is 0. The number of fused-ring (bicyclic) bond motifs is 2. The molecule has 0 aromatic heterocycles. The molecule has 2 bridgehead atoms. The molecule has 0 N–H and O–H groups in total. The number of halogens is 1. The Hall–Kier alpha value is -0.300. The van der Waals surface area contributed by atoms with Crippen LogP contribution in [0.4, 0.5) is 0 Å². The fourth-order valence-corrected chi connectivity index (χ4v) is 3.30. The molecule has 2 rings (SSSR count). The summed E-state index contributed by atoms with van der Waals surface area (Å²) in [6, 6.07) is 0. The molecular formula is C11H15ClO. The normalized spacial score (nSPS) is 44.8. The maximum atomic E-state index is 12.0. The zero-order chi connectivity index (χ0) is 9.85. The molecule has 2 unspecified atom stereocenters. The van der Waals surface area contributed by atoms with Crippen molar-refractivity contribution in [3.63, 3.8) is 0 Å². The first-order valence-electron chi connectivity index (χ1n) is 4.80. The molecule has 2 saturated carbocycles. The topological polar surface area (TPSA) is 17.1 Å². The van der Waals surface area contributed by atoms with Crippen LogP contribution >= 0.6 is 11.6 Å². The predicted octanol–water partition coefficient (Wildman–Crippen LogP) is 3.13. The highest BCUT2D eigenvalue weighted by Gasteiger charge is 2.63. The largest absolute Gasteiger partial charge is 0.294 e. The quantitative estimate of drug-likeness (QED) is 0.547. The lowest BCUT2D eigenvalue weighted by Gasteiger charge is -2.31. The maximum absolute atomic E-state index is 12.0. The van der Waals surface area contributed by atoms with E-state index >= 15 is 0 Å². The first kappa shape index (κ1) is 9.26. The van der Waals surface area contributed by atoms with Gasteiger partial charge in [-0.3, -0.25) is 4.79 Å². The van der Waals surface area contributed by atoms with Crippen molar-refractivity contribution in [3.05, 3.63) is 11.1 Å². The lowest BCUT2D eigenvalue weighted by molar-refractivity contribution is -0.125. The highest BCUT2D eigenvalue weighted by Crippen LogP contribution is 2.65. The number of carbonyl (C=O) groups is 1. The van der Waals surface area contributed by atoms with Crippen LogP contribution in [0.2, 0.25) is 0 Å². The zero-order valence-corrected chi connectivity index (χ0v) is 9.11. The molecular weight excluding hydrogens is 184 g/mol. The number of Topliss-reactive ketones (excluding diaryl/α,β-unsaturated/α-hetero) is 1. The molecule has 0 aromatic carbocycles. The van der Waals surface area contributed by atoms with Gasteiger partial charge in [-0.15, -0.1) is 0 Å². The van der Waals surface area contributed by atoms with Gasteiger partial charge in [-0.25, -0.2) is 0 Å². The minimum absolute atomic E-state index is 0.102. The molecule has 0 saturated heterocycles. The molecule has 72 valence electrons. The van der Waals surface area contributed by atoms with E-state index in [1.807, 2.05) is 0 Å². The Balaban J connectivity index is 2.57. The molecule has 0 amide bonds. The fourth-order valence-electron chi connectivity index (χ4n) is 3.05. The van der Waals surface area contributed by atoms with Gasteiger partial charge >= 0.3 is 0 Å². The molecule has 2 aliphatic rings. The lowest BCUT2D eigenvalue weighted by atomic mass is 9.70. The minimum atomic E-state index is -0.154. The Morgan fingerprint density at radius 1 is 1.46 bits per heavy atom. The molecule has 0 spiro atoms. The second kappa shape index (κ2) is 2.38. The summed E-state index contributed by atoms with van der Waals surface area (Å²) in [6.45, 7) is 6.47. The van der Waals surface area contributed by atoms with Gasteiger partial charge in [0, 0.05) is 16.5 Å². The Morgan fingerprint density at radius 2 is 2.08 bits per heavy atom. The SMILES string of the molecule is CC12CCC(C(=CCl)C1=O)C2(C)C. The smallest absolute Gasteiger partial charge is 0.166 e. The van der Waals surface area contributed by atoms with E-state index in [2.05, 4.69) is 20.8 Å². The van der Waals surface area contributed by atoms with Crippen LogP contribution in [0, 0.1) is 16.7 Å². The van der Waals surface area contributed by atoms with Crippen molar-refractivity contribution < 1.29 is 4.79 Å². The molecule has 2 aliphatic carbocycles. The van der Waals surface area contributed by atoms with Crippen LogP contribution < -0.4 is 0 Å². The van der Waals surface area contributed by atoms with Crippen LogP contribution in [0.1, 0.15) is 33.6 Å². The van der Waals surface area contributed by atoms with Gasteiger partial charge in [-0.1, -0.05) is 32.4 Å². The number of rotatable bonds is 0. The average Bonchev–Trinajstić information content (AvgIpc) is 2.36. The molecule has 2 heteroatoms. The van der Waals surface area contributed by atoms with Crippen molar-refractivity contribution in [1.29, 1.82) is 0 Å². The summed E-state index contributed by atoms with van der Waals surface area (Å²) < 4.78 is 0. The molecule has 0 heterocycles. The first-order chi connectivity index (χ1) is 5.95. The first-order valence-corrected chi connectivity index (χ1v) is 5.24. The van der Waals surface area contributed by atoms with Crippen molar-refractivity contribution in [2.45, 2.75) is 33.6 Å². The Kier molecular flexibility index (Phi) is 1.70. The van der Waals surface area contributed by atoms with Crippen LogP contribution in [0.25, 0.3) is 0 Å². The van der Waals surface area contributed by atoms with E-state index in [0.717, 1.165) is 18.4 Å². The Labute approximate surface area is 84.2 Å². The summed E-state index contributed by atoms with van der Waals surface area (Å²) in [4.78, 5) is 12.0. The maximum Gasteiger partial charge on any atom is 0.166 e. The molecule has 0 radical (unpaired) electrons. The number of allylic oxidation sites excluding steroid dienone is 1. The summed E-state index contributed by atoms with van der Waals surface area (Å²) in [5.41, 5.74) is 2.31. The highest BCUT2D eigenvalue weighted by atomic mass is 35.5. The van der Waals surface area contributed by atoms with Crippen LogP contribution in [-0.4, -0.2) is 5.78 Å². The number of carbonyl (C=O) groups excluding carboxylic acids is 1. The molecule has 2 fully saturated rings. The van der Waals surface area contributed by atoms with Gasteiger partial charge in [0.1, 0.15) is 0 Å². The summed E-state index contributed by atoms with van der Waals surface area (Å²) in [5.74, 6) is 0.672. The second-order valence-electron chi connectivity index (χ2n) is 5.04. The third-order valence-corrected chi connectivity index (χ3v) is 4.72. The second-order valence-corrected chi connectivity index (χ2v) is 5.26. The van der Waals surface area contributed by atoms with E-state index in [1.165, 1.54) is 5.54 Å². The van der Waals surface area contributed by atoms with Crippen molar-refractivity contribution in [2.75, 3.05) is 0 Å². The van der Waals surface area contributed by atoms with Gasteiger partial charge < -0.3 is 0 Å². The molecule has 0 aliphatic heterocycles. The van der Waals surface area contributed by atoms with Gasteiger partial charge in [0.25, 0.3) is 0 Å². The number of hydrogen-bond donors (Lipinski definition) is 0.